The van der Waals surface area contributed by atoms with Crippen molar-refractivity contribution in [3.63, 3.8) is 0 Å². The summed E-state index contributed by atoms with van der Waals surface area (Å²) in [5.41, 5.74) is 0. The van der Waals surface area contributed by atoms with Gasteiger partial charge in [0.25, 0.3) is 0 Å². The van der Waals surface area contributed by atoms with E-state index in [0.29, 0.717) is 16.7 Å². The van der Waals surface area contributed by atoms with Crippen LogP contribution in [0.2, 0.25) is 0 Å². The van der Waals surface area contributed by atoms with Crippen molar-refractivity contribution in [1.82, 2.24) is 0 Å². The zero-order valence-corrected chi connectivity index (χ0v) is 10.6. The van der Waals surface area contributed by atoms with Crippen LogP contribution in [-0.4, -0.2) is 12.1 Å². The first kappa shape index (κ1) is 11.6. The highest BCUT2D eigenvalue weighted by molar-refractivity contribution is 7.11. The minimum Gasteiger partial charge on any atom is -0.458 e. The fraction of sp³-hybridized carbons (Fsp3) is 0.615. The van der Waals surface area contributed by atoms with E-state index in [1.807, 2.05) is 17.5 Å². The first-order chi connectivity index (χ1) is 7.65. The van der Waals surface area contributed by atoms with Gasteiger partial charge < -0.3 is 4.74 Å². The van der Waals surface area contributed by atoms with Crippen LogP contribution in [0.5, 0.6) is 0 Å². The van der Waals surface area contributed by atoms with Gasteiger partial charge in [0.1, 0.15) is 11.0 Å². The summed E-state index contributed by atoms with van der Waals surface area (Å²) in [6, 6.07) is 3.70. The summed E-state index contributed by atoms with van der Waals surface area (Å²) in [5, 5.41) is 1.91. The highest BCUT2D eigenvalue weighted by atomic mass is 32.1. The molecule has 0 spiro atoms. The minimum absolute atomic E-state index is 0.119. The Balaban J connectivity index is 1.92. The van der Waals surface area contributed by atoms with Crippen molar-refractivity contribution in [3.8, 4) is 0 Å². The highest BCUT2D eigenvalue weighted by Gasteiger charge is 2.27. The van der Waals surface area contributed by atoms with E-state index in [1.54, 1.807) is 0 Å². The third kappa shape index (κ3) is 2.85. The molecule has 2 rings (SSSR count). The van der Waals surface area contributed by atoms with E-state index in [4.69, 9.17) is 4.74 Å². The van der Waals surface area contributed by atoms with Crippen molar-refractivity contribution in [2.45, 2.75) is 39.2 Å². The Morgan fingerprint density at radius 1 is 1.31 bits per heavy atom. The summed E-state index contributed by atoms with van der Waals surface area (Å²) in [6.07, 6.45) is 3.41. The van der Waals surface area contributed by atoms with Crippen molar-refractivity contribution in [2.24, 2.45) is 11.8 Å². The molecule has 1 aromatic rings. The summed E-state index contributed by atoms with van der Waals surface area (Å²) in [7, 11) is 0. The molecule has 0 saturated heterocycles. The second-order valence-corrected chi connectivity index (χ2v) is 5.87. The van der Waals surface area contributed by atoms with Crippen molar-refractivity contribution >= 4 is 17.3 Å². The average Bonchev–Trinajstić information content (AvgIpc) is 2.68. The Hall–Kier alpha value is -0.830. The summed E-state index contributed by atoms with van der Waals surface area (Å²) in [4.78, 5) is 12.5. The Morgan fingerprint density at radius 3 is 2.56 bits per heavy atom. The second kappa shape index (κ2) is 5.00. The lowest BCUT2D eigenvalue weighted by atomic mass is 9.82. The molecular weight excluding hydrogens is 220 g/mol. The highest BCUT2D eigenvalue weighted by Crippen LogP contribution is 2.30. The van der Waals surface area contributed by atoms with Gasteiger partial charge in [-0.3, -0.25) is 0 Å². The standard InChI is InChI=1S/C13H18O2S/c1-9-6-10(2)8-11(7-9)15-13(14)12-4-3-5-16-12/h3-5,9-11H,6-8H2,1-2H3. The van der Waals surface area contributed by atoms with E-state index in [-0.39, 0.29) is 12.1 Å². The Morgan fingerprint density at radius 2 is 2.00 bits per heavy atom. The van der Waals surface area contributed by atoms with E-state index < -0.39 is 0 Å². The van der Waals surface area contributed by atoms with Crippen LogP contribution in [0.15, 0.2) is 17.5 Å². The van der Waals surface area contributed by atoms with Crippen LogP contribution in [0, 0.1) is 11.8 Å². The van der Waals surface area contributed by atoms with Gasteiger partial charge >= 0.3 is 5.97 Å². The average molecular weight is 238 g/mol. The lowest BCUT2D eigenvalue weighted by Crippen LogP contribution is -2.28. The van der Waals surface area contributed by atoms with Crippen LogP contribution < -0.4 is 0 Å². The number of hydrogen-bond acceptors (Lipinski definition) is 3. The molecule has 0 amide bonds. The lowest BCUT2D eigenvalue weighted by molar-refractivity contribution is 0.00858. The number of rotatable bonds is 2. The molecule has 0 aromatic carbocycles. The molecule has 88 valence electrons. The smallest absolute Gasteiger partial charge is 0.348 e. The van der Waals surface area contributed by atoms with Gasteiger partial charge in [0, 0.05) is 0 Å². The molecule has 0 radical (unpaired) electrons. The molecule has 0 N–H and O–H groups in total. The van der Waals surface area contributed by atoms with Gasteiger partial charge in [0.2, 0.25) is 0 Å². The summed E-state index contributed by atoms with van der Waals surface area (Å²) in [5.74, 6) is 1.19. The van der Waals surface area contributed by atoms with Gasteiger partial charge in [-0.05, 0) is 42.5 Å². The molecule has 1 aliphatic carbocycles. The number of carbonyl (C=O) groups is 1. The van der Waals surface area contributed by atoms with Crippen molar-refractivity contribution in [2.75, 3.05) is 0 Å². The SMILES string of the molecule is CC1CC(C)CC(OC(=O)c2cccs2)C1. The summed E-state index contributed by atoms with van der Waals surface area (Å²) < 4.78 is 5.55. The second-order valence-electron chi connectivity index (χ2n) is 4.92. The maximum Gasteiger partial charge on any atom is 0.348 e. The zero-order valence-electron chi connectivity index (χ0n) is 9.81. The molecule has 2 unspecified atom stereocenters. The molecule has 2 atom stereocenters. The molecule has 1 aromatic heterocycles. The molecule has 3 heteroatoms. The van der Waals surface area contributed by atoms with E-state index in [9.17, 15) is 4.79 Å². The Bertz CT molecular complexity index is 335. The molecule has 1 heterocycles. The van der Waals surface area contributed by atoms with Gasteiger partial charge in [-0.25, -0.2) is 4.79 Å². The van der Waals surface area contributed by atoms with E-state index in [0.717, 1.165) is 12.8 Å². The predicted molar refractivity (Wildman–Crippen MR) is 65.7 cm³/mol. The van der Waals surface area contributed by atoms with Crippen molar-refractivity contribution in [3.05, 3.63) is 22.4 Å². The Labute approximate surface area is 101 Å². The molecule has 16 heavy (non-hydrogen) atoms. The van der Waals surface area contributed by atoms with Gasteiger partial charge in [0.05, 0.1) is 0 Å². The van der Waals surface area contributed by atoms with Crippen LogP contribution in [0.1, 0.15) is 42.8 Å². The first-order valence-electron chi connectivity index (χ1n) is 5.89. The fourth-order valence-electron chi connectivity index (χ4n) is 2.57. The minimum atomic E-state index is -0.152. The van der Waals surface area contributed by atoms with Gasteiger partial charge in [-0.1, -0.05) is 19.9 Å². The Kier molecular flexibility index (Phi) is 3.64. The fourth-order valence-corrected chi connectivity index (χ4v) is 3.18. The molecular formula is C13H18O2S. The molecule has 0 aliphatic heterocycles. The van der Waals surface area contributed by atoms with E-state index in [1.165, 1.54) is 17.8 Å². The largest absolute Gasteiger partial charge is 0.458 e. The predicted octanol–water partition coefficient (Wildman–Crippen LogP) is 3.73. The van der Waals surface area contributed by atoms with Crippen LogP contribution in [0.3, 0.4) is 0 Å². The van der Waals surface area contributed by atoms with Crippen LogP contribution in [0.4, 0.5) is 0 Å². The number of ether oxygens (including phenoxy) is 1. The number of carbonyl (C=O) groups excluding carboxylic acids is 1. The van der Waals surface area contributed by atoms with Crippen molar-refractivity contribution in [1.29, 1.82) is 0 Å². The number of thiophene rings is 1. The monoisotopic (exact) mass is 238 g/mol. The molecule has 1 saturated carbocycles. The van der Waals surface area contributed by atoms with Gasteiger partial charge in [-0.2, -0.15) is 0 Å². The van der Waals surface area contributed by atoms with Crippen LogP contribution in [0.25, 0.3) is 0 Å². The zero-order chi connectivity index (χ0) is 11.5. The third-order valence-corrected chi connectivity index (χ3v) is 3.98. The van der Waals surface area contributed by atoms with Crippen LogP contribution in [-0.2, 0) is 4.74 Å². The normalized spacial score (nSPS) is 30.0. The summed E-state index contributed by atoms with van der Waals surface area (Å²) in [6.45, 7) is 4.48. The van der Waals surface area contributed by atoms with E-state index >= 15 is 0 Å². The molecule has 1 fully saturated rings. The third-order valence-electron chi connectivity index (χ3n) is 3.13. The first-order valence-corrected chi connectivity index (χ1v) is 6.77. The molecule has 0 bridgehead atoms. The topological polar surface area (TPSA) is 26.3 Å². The van der Waals surface area contributed by atoms with Crippen LogP contribution >= 0.6 is 11.3 Å². The molecule has 1 aliphatic rings. The number of hydrogen-bond donors (Lipinski definition) is 0. The van der Waals surface area contributed by atoms with E-state index in [2.05, 4.69) is 13.8 Å². The lowest BCUT2D eigenvalue weighted by Gasteiger charge is -2.30. The maximum absolute atomic E-state index is 11.8. The number of esters is 1. The quantitative estimate of drug-likeness (QED) is 0.734. The van der Waals surface area contributed by atoms with Crippen molar-refractivity contribution < 1.29 is 9.53 Å². The summed E-state index contributed by atoms with van der Waals surface area (Å²) >= 11 is 1.45. The van der Waals surface area contributed by atoms with Gasteiger partial charge in [-0.15, -0.1) is 11.3 Å². The molecule has 2 nitrogen and oxygen atoms in total. The maximum atomic E-state index is 11.8. The van der Waals surface area contributed by atoms with Gasteiger partial charge in [0.15, 0.2) is 0 Å².